The Morgan fingerprint density at radius 2 is 1.94 bits per heavy atom. The minimum atomic E-state index is -4.39. The van der Waals surface area contributed by atoms with Crippen LogP contribution in [0.1, 0.15) is 30.9 Å². The molecule has 0 amide bonds. The predicted molar refractivity (Wildman–Crippen MR) is 120 cm³/mol. The molecule has 0 radical (unpaired) electrons. The predicted octanol–water partition coefficient (Wildman–Crippen LogP) is 5.68. The number of phenolic OH excluding ortho intramolecular Hbond substituents is 1. The van der Waals surface area contributed by atoms with Gasteiger partial charge < -0.3 is 15.2 Å². The number of para-hydroxylation sites is 1. The summed E-state index contributed by atoms with van der Waals surface area (Å²) in [4.78, 5) is 6.34. The number of phenols is 1. The Hall–Kier alpha value is -3.00. The third kappa shape index (κ3) is 5.82. The number of hydrogen-bond donors (Lipinski definition) is 2. The second-order valence-corrected chi connectivity index (χ2v) is 7.61. The van der Waals surface area contributed by atoms with Crippen molar-refractivity contribution in [2.24, 2.45) is 0 Å². The van der Waals surface area contributed by atoms with Gasteiger partial charge >= 0.3 is 6.18 Å². The average Bonchev–Trinajstić information content (AvgIpc) is 2.77. The number of ether oxygens (including phenoxy) is 1. The Bertz CT molecular complexity index is 1040. The van der Waals surface area contributed by atoms with E-state index >= 15 is 0 Å². The fourth-order valence-electron chi connectivity index (χ4n) is 3.69. The molecule has 1 heterocycles. The van der Waals surface area contributed by atoms with Crippen LogP contribution >= 0.6 is 0 Å². The highest BCUT2D eigenvalue weighted by Gasteiger charge is 2.30. The summed E-state index contributed by atoms with van der Waals surface area (Å²) >= 11 is 0. The number of aromatic nitrogens is 1. The lowest BCUT2D eigenvalue weighted by molar-refractivity contribution is -0.137. The van der Waals surface area contributed by atoms with Crippen molar-refractivity contribution in [1.82, 2.24) is 9.88 Å². The van der Waals surface area contributed by atoms with Crippen LogP contribution in [-0.2, 0) is 12.7 Å². The summed E-state index contributed by atoms with van der Waals surface area (Å²) in [6, 6.07) is 10.9. The quantitative estimate of drug-likeness (QED) is 0.392. The fraction of sp³-hybridized carbons (Fsp3) is 0.375. The zero-order valence-electron chi connectivity index (χ0n) is 18.2. The summed E-state index contributed by atoms with van der Waals surface area (Å²) in [6.07, 6.45) is -1.07. The van der Waals surface area contributed by atoms with Crippen LogP contribution in [-0.4, -0.2) is 41.7 Å². The van der Waals surface area contributed by atoms with Gasteiger partial charge in [0.1, 0.15) is 0 Å². The number of anilines is 1. The minimum absolute atomic E-state index is 0.163. The van der Waals surface area contributed by atoms with Gasteiger partial charge in [-0.3, -0.25) is 9.88 Å². The number of pyridine rings is 1. The fourth-order valence-corrected chi connectivity index (χ4v) is 3.69. The lowest BCUT2D eigenvalue weighted by Crippen LogP contribution is -2.26. The molecule has 2 aromatic carbocycles. The van der Waals surface area contributed by atoms with Gasteiger partial charge in [0.05, 0.1) is 18.2 Å². The number of alkyl halides is 3. The first kappa shape index (κ1) is 23.7. The van der Waals surface area contributed by atoms with Crippen LogP contribution < -0.4 is 10.1 Å². The van der Waals surface area contributed by atoms with Gasteiger partial charge in [0.25, 0.3) is 0 Å². The Labute approximate surface area is 185 Å². The van der Waals surface area contributed by atoms with Gasteiger partial charge in [-0.05, 0) is 43.7 Å². The van der Waals surface area contributed by atoms with Gasteiger partial charge in [0, 0.05) is 42.5 Å². The number of hydrogen-bond acceptors (Lipinski definition) is 5. The summed E-state index contributed by atoms with van der Waals surface area (Å²) in [5, 5.41) is 14.3. The SMILES string of the molecule is CCCN(CCCNc1ccnc2cc(C(F)(F)F)ccc12)Cc1cccc(OC)c1O. The molecule has 172 valence electrons. The maximum atomic E-state index is 13.0. The Kier molecular flexibility index (Phi) is 7.80. The van der Waals surface area contributed by atoms with Gasteiger partial charge in [-0.2, -0.15) is 13.2 Å². The first-order chi connectivity index (χ1) is 15.3. The first-order valence-electron chi connectivity index (χ1n) is 10.6. The third-order valence-electron chi connectivity index (χ3n) is 5.27. The molecular weight excluding hydrogens is 419 g/mol. The first-order valence-corrected chi connectivity index (χ1v) is 10.6. The van der Waals surface area contributed by atoms with E-state index in [0.717, 1.165) is 49.3 Å². The zero-order chi connectivity index (χ0) is 23.1. The molecule has 0 spiro atoms. The summed E-state index contributed by atoms with van der Waals surface area (Å²) in [7, 11) is 1.53. The van der Waals surface area contributed by atoms with Crippen LogP contribution in [0.3, 0.4) is 0 Å². The number of fused-ring (bicyclic) bond motifs is 1. The number of halogens is 3. The van der Waals surface area contributed by atoms with Crippen molar-refractivity contribution in [3.8, 4) is 11.5 Å². The topological polar surface area (TPSA) is 57.6 Å². The molecule has 0 atom stereocenters. The Balaban J connectivity index is 1.61. The molecule has 0 bridgehead atoms. The van der Waals surface area contributed by atoms with Crippen molar-refractivity contribution >= 4 is 16.6 Å². The van der Waals surface area contributed by atoms with E-state index in [1.165, 1.54) is 19.4 Å². The van der Waals surface area contributed by atoms with Gasteiger partial charge in [-0.15, -0.1) is 0 Å². The highest BCUT2D eigenvalue weighted by atomic mass is 19.4. The van der Waals surface area contributed by atoms with E-state index < -0.39 is 11.7 Å². The second-order valence-electron chi connectivity index (χ2n) is 7.61. The molecule has 3 rings (SSSR count). The number of aromatic hydroxyl groups is 1. The van der Waals surface area contributed by atoms with Crippen LogP contribution in [0.25, 0.3) is 10.9 Å². The van der Waals surface area contributed by atoms with Crippen molar-refractivity contribution in [3.05, 3.63) is 59.8 Å². The van der Waals surface area contributed by atoms with Gasteiger partial charge in [-0.1, -0.05) is 25.1 Å². The summed E-state index contributed by atoms with van der Waals surface area (Å²) in [5.41, 5.74) is 1.18. The van der Waals surface area contributed by atoms with E-state index in [-0.39, 0.29) is 5.75 Å². The van der Waals surface area contributed by atoms with Gasteiger partial charge in [0.2, 0.25) is 0 Å². The molecule has 1 aromatic heterocycles. The van der Waals surface area contributed by atoms with E-state index in [4.69, 9.17) is 4.74 Å². The molecule has 5 nitrogen and oxygen atoms in total. The molecule has 0 aliphatic heterocycles. The lowest BCUT2D eigenvalue weighted by Gasteiger charge is -2.23. The van der Waals surface area contributed by atoms with E-state index in [1.54, 1.807) is 12.1 Å². The molecule has 0 aliphatic rings. The Morgan fingerprint density at radius 1 is 1.12 bits per heavy atom. The highest BCUT2D eigenvalue weighted by Crippen LogP contribution is 2.33. The molecule has 0 saturated heterocycles. The van der Waals surface area contributed by atoms with Gasteiger partial charge in [-0.25, -0.2) is 0 Å². The van der Waals surface area contributed by atoms with E-state index in [9.17, 15) is 18.3 Å². The lowest BCUT2D eigenvalue weighted by atomic mass is 10.1. The summed E-state index contributed by atoms with van der Waals surface area (Å²) in [6.45, 7) is 5.06. The number of methoxy groups -OCH3 is 1. The molecule has 8 heteroatoms. The highest BCUT2D eigenvalue weighted by molar-refractivity contribution is 5.91. The van der Waals surface area contributed by atoms with Crippen LogP contribution in [0.2, 0.25) is 0 Å². The third-order valence-corrected chi connectivity index (χ3v) is 5.27. The summed E-state index contributed by atoms with van der Waals surface area (Å²) in [5.74, 6) is 0.620. The van der Waals surface area contributed by atoms with E-state index in [0.29, 0.717) is 29.7 Å². The molecule has 0 aliphatic carbocycles. The van der Waals surface area contributed by atoms with Crippen molar-refractivity contribution in [2.45, 2.75) is 32.5 Å². The smallest absolute Gasteiger partial charge is 0.416 e. The van der Waals surface area contributed by atoms with Crippen LogP contribution in [0, 0.1) is 0 Å². The molecule has 32 heavy (non-hydrogen) atoms. The summed E-state index contributed by atoms with van der Waals surface area (Å²) < 4.78 is 44.1. The van der Waals surface area contributed by atoms with Crippen molar-refractivity contribution in [1.29, 1.82) is 0 Å². The van der Waals surface area contributed by atoms with Crippen molar-refractivity contribution in [2.75, 3.05) is 32.1 Å². The molecule has 0 saturated carbocycles. The largest absolute Gasteiger partial charge is 0.504 e. The zero-order valence-corrected chi connectivity index (χ0v) is 18.2. The number of nitrogens with zero attached hydrogens (tertiary/aromatic N) is 2. The maximum Gasteiger partial charge on any atom is 0.416 e. The Morgan fingerprint density at radius 3 is 2.66 bits per heavy atom. The molecular formula is C24H28F3N3O2. The standard InChI is InChI=1S/C24H28F3N3O2/c1-3-13-30(16-17-6-4-7-22(32-2)23(17)31)14-5-11-28-20-10-12-29-21-15-18(24(25,26)27)8-9-19(20)21/h4,6-10,12,15,31H,3,5,11,13-14,16H2,1-2H3,(H,28,29). The van der Waals surface area contributed by atoms with Crippen molar-refractivity contribution < 1.29 is 23.0 Å². The van der Waals surface area contributed by atoms with Crippen molar-refractivity contribution in [3.63, 3.8) is 0 Å². The number of nitrogens with one attached hydrogen (secondary N) is 1. The van der Waals surface area contributed by atoms with E-state index in [2.05, 4.69) is 22.1 Å². The minimum Gasteiger partial charge on any atom is -0.504 e. The van der Waals surface area contributed by atoms with Gasteiger partial charge in [0.15, 0.2) is 11.5 Å². The van der Waals surface area contributed by atoms with Crippen LogP contribution in [0.15, 0.2) is 48.7 Å². The average molecular weight is 448 g/mol. The molecule has 3 aromatic rings. The van der Waals surface area contributed by atoms with Crippen LogP contribution in [0.5, 0.6) is 11.5 Å². The number of benzene rings is 2. The molecule has 2 N–H and O–H groups in total. The molecule has 0 fully saturated rings. The maximum absolute atomic E-state index is 13.0. The normalized spacial score (nSPS) is 11.8. The number of rotatable bonds is 10. The monoisotopic (exact) mass is 447 g/mol. The molecule has 0 unspecified atom stereocenters. The van der Waals surface area contributed by atoms with E-state index in [1.807, 2.05) is 12.1 Å². The second kappa shape index (κ2) is 10.5. The van der Waals surface area contributed by atoms with Crippen LogP contribution in [0.4, 0.5) is 18.9 Å².